The molecule has 1 aliphatic carbocycles. The highest BCUT2D eigenvalue weighted by molar-refractivity contribution is 5.79. The maximum atomic E-state index is 4.38. The van der Waals surface area contributed by atoms with Gasteiger partial charge in [-0.1, -0.05) is 25.7 Å². The quantitative estimate of drug-likeness (QED) is 0.429. The summed E-state index contributed by atoms with van der Waals surface area (Å²) in [5.74, 6) is 2.73. The highest BCUT2D eigenvalue weighted by Crippen LogP contribution is 2.28. The van der Waals surface area contributed by atoms with Crippen LogP contribution in [0.5, 0.6) is 0 Å². The highest BCUT2D eigenvalue weighted by atomic mass is 15.2. The minimum absolute atomic E-state index is 0.672. The number of hydrogen-bond donors (Lipinski definition) is 2. The Balaban J connectivity index is 1.58. The average Bonchev–Trinajstić information content (AvgIpc) is 3.08. The molecule has 4 heteroatoms. The zero-order valence-corrected chi connectivity index (χ0v) is 15.6. The summed E-state index contributed by atoms with van der Waals surface area (Å²) in [5.41, 5.74) is 0. The minimum Gasteiger partial charge on any atom is -0.356 e. The second-order valence-electron chi connectivity index (χ2n) is 7.77. The maximum Gasteiger partial charge on any atom is 0.190 e. The predicted octanol–water partition coefficient (Wildman–Crippen LogP) is 3.24. The van der Waals surface area contributed by atoms with Crippen LogP contribution in [0.4, 0.5) is 0 Å². The first kappa shape index (κ1) is 18.6. The van der Waals surface area contributed by atoms with Crippen molar-refractivity contribution >= 4 is 5.96 Å². The first-order chi connectivity index (χ1) is 11.2. The first-order valence-corrected chi connectivity index (χ1v) is 9.87. The van der Waals surface area contributed by atoms with Crippen molar-refractivity contribution in [3.8, 4) is 0 Å². The summed E-state index contributed by atoms with van der Waals surface area (Å²) in [6.07, 6.45) is 11.2. The second-order valence-corrected chi connectivity index (χ2v) is 7.77. The summed E-state index contributed by atoms with van der Waals surface area (Å²) in [5, 5.41) is 7.03. The van der Waals surface area contributed by atoms with Crippen molar-refractivity contribution in [3.05, 3.63) is 0 Å². The molecule has 1 saturated carbocycles. The smallest absolute Gasteiger partial charge is 0.190 e. The van der Waals surface area contributed by atoms with E-state index in [0.717, 1.165) is 30.9 Å². The molecule has 0 radical (unpaired) electrons. The maximum absolute atomic E-state index is 4.38. The summed E-state index contributed by atoms with van der Waals surface area (Å²) < 4.78 is 0. The first-order valence-electron chi connectivity index (χ1n) is 9.87. The third-order valence-electron chi connectivity index (χ3n) is 5.62. The molecule has 4 nitrogen and oxygen atoms in total. The fraction of sp³-hybridized carbons (Fsp3) is 0.947. The molecule has 23 heavy (non-hydrogen) atoms. The number of hydrogen-bond acceptors (Lipinski definition) is 2. The van der Waals surface area contributed by atoms with E-state index in [1.165, 1.54) is 64.5 Å². The van der Waals surface area contributed by atoms with E-state index in [1.807, 2.05) is 7.05 Å². The molecule has 1 atom stereocenters. The normalized spacial score (nSPS) is 24.3. The van der Waals surface area contributed by atoms with Crippen molar-refractivity contribution in [2.45, 2.75) is 71.3 Å². The Kier molecular flexibility index (Phi) is 8.21. The lowest BCUT2D eigenvalue weighted by Gasteiger charge is -2.35. The topological polar surface area (TPSA) is 39.7 Å². The Morgan fingerprint density at radius 2 is 1.83 bits per heavy atom. The fourth-order valence-corrected chi connectivity index (χ4v) is 4.09. The molecule has 2 aliphatic rings. The van der Waals surface area contributed by atoms with Crippen LogP contribution in [-0.2, 0) is 0 Å². The van der Waals surface area contributed by atoms with Gasteiger partial charge in [-0.15, -0.1) is 0 Å². The molecule has 0 spiro atoms. The van der Waals surface area contributed by atoms with E-state index < -0.39 is 0 Å². The second kappa shape index (κ2) is 10.2. The molecule has 0 aromatic rings. The standard InChI is InChI=1S/C19H38N4/c1-16(2)23-13-7-11-18(15-23)14-22-19(20-3)21-12-6-10-17-8-4-5-9-17/h16-18H,4-15H2,1-3H3,(H2,20,21,22). The summed E-state index contributed by atoms with van der Waals surface area (Å²) in [6.45, 7) is 9.21. The molecule has 0 bridgehead atoms. The van der Waals surface area contributed by atoms with E-state index >= 15 is 0 Å². The fourth-order valence-electron chi connectivity index (χ4n) is 4.09. The summed E-state index contributed by atoms with van der Waals surface area (Å²) >= 11 is 0. The van der Waals surface area contributed by atoms with Crippen LogP contribution in [0.1, 0.15) is 65.2 Å². The van der Waals surface area contributed by atoms with Gasteiger partial charge in [0.15, 0.2) is 5.96 Å². The van der Waals surface area contributed by atoms with Crippen molar-refractivity contribution in [2.24, 2.45) is 16.8 Å². The number of rotatable bonds is 7. The van der Waals surface area contributed by atoms with Gasteiger partial charge in [-0.2, -0.15) is 0 Å². The SMILES string of the molecule is CN=C(NCCCC1CCCC1)NCC1CCCN(C(C)C)C1. The van der Waals surface area contributed by atoms with Crippen LogP contribution in [0.2, 0.25) is 0 Å². The molecular weight excluding hydrogens is 284 g/mol. The molecule has 2 N–H and O–H groups in total. The number of aliphatic imine (C=N–C) groups is 1. The van der Waals surface area contributed by atoms with E-state index in [0.29, 0.717) is 6.04 Å². The van der Waals surface area contributed by atoms with Crippen LogP contribution in [0.25, 0.3) is 0 Å². The lowest BCUT2D eigenvalue weighted by atomic mass is 9.97. The van der Waals surface area contributed by atoms with Gasteiger partial charge in [-0.3, -0.25) is 4.99 Å². The molecule has 0 aromatic carbocycles. The zero-order chi connectivity index (χ0) is 16.5. The van der Waals surface area contributed by atoms with Gasteiger partial charge in [0.05, 0.1) is 0 Å². The number of piperidine rings is 1. The lowest BCUT2D eigenvalue weighted by Crippen LogP contribution is -2.46. The van der Waals surface area contributed by atoms with Crippen molar-refractivity contribution in [1.29, 1.82) is 0 Å². The van der Waals surface area contributed by atoms with Crippen LogP contribution in [0.15, 0.2) is 4.99 Å². The van der Waals surface area contributed by atoms with Gasteiger partial charge >= 0.3 is 0 Å². The molecule has 1 heterocycles. The Labute approximate surface area is 143 Å². The number of nitrogens with zero attached hydrogens (tertiary/aromatic N) is 2. The van der Waals surface area contributed by atoms with Crippen molar-refractivity contribution in [1.82, 2.24) is 15.5 Å². The Hall–Kier alpha value is -0.770. The molecular formula is C19H38N4. The molecule has 134 valence electrons. The number of guanidine groups is 1. The number of nitrogens with one attached hydrogen (secondary N) is 2. The Morgan fingerprint density at radius 1 is 1.09 bits per heavy atom. The molecule has 0 aromatic heterocycles. The van der Waals surface area contributed by atoms with Crippen molar-refractivity contribution in [2.75, 3.05) is 33.2 Å². The van der Waals surface area contributed by atoms with Crippen molar-refractivity contribution < 1.29 is 0 Å². The predicted molar refractivity (Wildman–Crippen MR) is 100.0 cm³/mol. The van der Waals surface area contributed by atoms with Gasteiger partial charge in [0.2, 0.25) is 0 Å². The third kappa shape index (κ3) is 6.70. The van der Waals surface area contributed by atoms with E-state index in [2.05, 4.69) is 34.4 Å². The monoisotopic (exact) mass is 322 g/mol. The minimum atomic E-state index is 0.672. The van der Waals surface area contributed by atoms with Crippen molar-refractivity contribution in [3.63, 3.8) is 0 Å². The van der Waals surface area contributed by atoms with Crippen LogP contribution < -0.4 is 10.6 Å². The van der Waals surface area contributed by atoms with Crippen LogP contribution in [0, 0.1) is 11.8 Å². The van der Waals surface area contributed by atoms with E-state index in [9.17, 15) is 0 Å². The Bertz CT molecular complexity index is 347. The van der Waals surface area contributed by atoms with Gasteiger partial charge < -0.3 is 15.5 Å². The highest BCUT2D eigenvalue weighted by Gasteiger charge is 2.21. The van der Waals surface area contributed by atoms with Gasteiger partial charge in [0, 0.05) is 32.7 Å². The molecule has 2 fully saturated rings. The molecule has 2 rings (SSSR count). The van der Waals surface area contributed by atoms with Gasteiger partial charge in [0.25, 0.3) is 0 Å². The van der Waals surface area contributed by atoms with Gasteiger partial charge in [0.1, 0.15) is 0 Å². The lowest BCUT2D eigenvalue weighted by molar-refractivity contribution is 0.141. The van der Waals surface area contributed by atoms with Gasteiger partial charge in [-0.05, 0) is 57.9 Å². The molecule has 1 unspecified atom stereocenters. The largest absolute Gasteiger partial charge is 0.356 e. The third-order valence-corrected chi connectivity index (χ3v) is 5.62. The zero-order valence-electron chi connectivity index (χ0n) is 15.6. The van der Waals surface area contributed by atoms with Crippen LogP contribution in [0.3, 0.4) is 0 Å². The summed E-state index contributed by atoms with van der Waals surface area (Å²) in [7, 11) is 1.88. The van der Waals surface area contributed by atoms with E-state index in [4.69, 9.17) is 0 Å². The Morgan fingerprint density at radius 3 is 2.52 bits per heavy atom. The molecule has 1 saturated heterocycles. The summed E-state index contributed by atoms with van der Waals surface area (Å²) in [4.78, 5) is 6.98. The summed E-state index contributed by atoms with van der Waals surface area (Å²) in [6, 6.07) is 0.672. The molecule has 0 amide bonds. The van der Waals surface area contributed by atoms with Crippen LogP contribution in [-0.4, -0.2) is 50.1 Å². The average molecular weight is 323 g/mol. The number of likely N-dealkylation sites (tertiary alicyclic amines) is 1. The van der Waals surface area contributed by atoms with Crippen LogP contribution >= 0.6 is 0 Å². The molecule has 1 aliphatic heterocycles. The van der Waals surface area contributed by atoms with E-state index in [1.54, 1.807) is 0 Å². The van der Waals surface area contributed by atoms with Gasteiger partial charge in [-0.25, -0.2) is 0 Å². The van der Waals surface area contributed by atoms with E-state index in [-0.39, 0.29) is 0 Å².